The molecule has 0 aromatic heterocycles. The molecule has 0 bridgehead atoms. The Morgan fingerprint density at radius 2 is 1.65 bits per heavy atom. The number of aryl methyl sites for hydroxylation is 1. The molecular weight excluding hydrogens is 732 g/mol. The van der Waals surface area contributed by atoms with Gasteiger partial charge in [0.2, 0.25) is 24.0 Å². The average molecular weight is 769 g/mol. The highest BCUT2D eigenvalue weighted by molar-refractivity contribution is 6.31. The molecule has 2 unspecified atom stereocenters. The molecule has 6 rings (SSSR count). The minimum absolute atomic E-state index is 0.0285. The number of nitrogens with one attached hydrogen (secondary N) is 1. The number of nitrogens with zero attached hydrogens (tertiary/aromatic N) is 1. The molecule has 1 heterocycles. The van der Waals surface area contributed by atoms with E-state index in [1.54, 1.807) is 6.92 Å². The van der Waals surface area contributed by atoms with Gasteiger partial charge in [-0.1, -0.05) is 11.2 Å². The summed E-state index contributed by atoms with van der Waals surface area (Å²) in [7, 11) is 4.51. The summed E-state index contributed by atoms with van der Waals surface area (Å²) >= 11 is 0. The van der Waals surface area contributed by atoms with Gasteiger partial charge in [-0.15, -0.1) is 0 Å². The Hall–Kier alpha value is -5.57. The number of Topliss-reactive ketones (excluding diaryl/α,β-unsaturated/α-hetero) is 3. The van der Waals surface area contributed by atoms with E-state index in [2.05, 4.69) is 10.5 Å². The molecule has 55 heavy (non-hydrogen) atoms. The van der Waals surface area contributed by atoms with Crippen LogP contribution in [0.15, 0.2) is 29.1 Å². The number of carbonyl (C=O) groups excluding carboxylic acids is 5. The summed E-state index contributed by atoms with van der Waals surface area (Å²) < 4.78 is 27.2. The number of esters is 1. The third-order valence-electron chi connectivity index (χ3n) is 10.3. The van der Waals surface area contributed by atoms with Crippen LogP contribution in [0, 0.1) is 6.92 Å². The zero-order chi connectivity index (χ0) is 40.5. The minimum Gasteiger partial charge on any atom is -0.507 e. The highest BCUT2D eigenvalue weighted by Crippen LogP contribution is 2.56. The van der Waals surface area contributed by atoms with Crippen molar-refractivity contribution in [3.05, 3.63) is 68.4 Å². The SMILES string of the molecule is COC(=O)c1c(C)cc2c(c1O)C1(O)C(=O)c3cc4c(c(O)c3C(=O)[C@]1(OC)C(O)C2)C(=O)C=C(N[C@H]1O[C@@H](C)[C@H](OC)/C(=N/OCC(=O)O)[C@H]1OC)C4=O. The number of hydrogen-bond donors (Lipinski definition) is 6. The maximum Gasteiger partial charge on any atom is 0.344 e. The molecule has 292 valence electrons. The highest BCUT2D eigenvalue weighted by atomic mass is 16.6. The minimum atomic E-state index is -3.27. The zero-order valence-corrected chi connectivity index (χ0v) is 30.1. The van der Waals surface area contributed by atoms with Gasteiger partial charge < -0.3 is 59.4 Å². The van der Waals surface area contributed by atoms with E-state index in [4.69, 9.17) is 33.6 Å². The first kappa shape index (κ1) is 39.1. The van der Waals surface area contributed by atoms with Crippen molar-refractivity contribution in [3.63, 3.8) is 0 Å². The number of ether oxygens (including phenoxy) is 5. The number of ketones is 4. The van der Waals surface area contributed by atoms with Gasteiger partial charge in [0.05, 0.1) is 36.1 Å². The summed E-state index contributed by atoms with van der Waals surface area (Å²) in [5.41, 5.74) is -10.5. The summed E-state index contributed by atoms with van der Waals surface area (Å²) in [6, 6.07) is 2.13. The van der Waals surface area contributed by atoms with Gasteiger partial charge in [-0.2, -0.15) is 0 Å². The first-order valence-corrected chi connectivity index (χ1v) is 16.6. The van der Waals surface area contributed by atoms with Crippen molar-refractivity contribution in [2.45, 2.75) is 62.1 Å². The molecule has 19 nitrogen and oxygen atoms in total. The van der Waals surface area contributed by atoms with E-state index in [1.165, 1.54) is 27.2 Å². The summed E-state index contributed by atoms with van der Waals surface area (Å²) in [6.07, 6.45) is -5.87. The number of fused-ring (bicyclic) bond motifs is 5. The molecular formula is C36H36N2O17. The van der Waals surface area contributed by atoms with Crippen molar-refractivity contribution in [2.75, 3.05) is 35.0 Å². The fourth-order valence-electron chi connectivity index (χ4n) is 7.97. The van der Waals surface area contributed by atoms with E-state index in [9.17, 15) is 49.2 Å². The first-order valence-electron chi connectivity index (χ1n) is 16.6. The third-order valence-corrected chi connectivity index (χ3v) is 10.3. The fraction of sp³-hybridized carbons (Fsp3) is 0.417. The molecule has 3 aliphatic carbocycles. The molecule has 2 aromatic carbocycles. The Bertz CT molecular complexity index is 2140. The standard InChI is InChI=1S/C36H36N2O17/c1-12-7-14-8-19(40)36(53-6)32(47)23-16(31(46)35(36,49)24(14)28(45)21(12)34(48)52-5)9-15-22(27(23)44)18(39)10-17(26(15)43)37-33-30(51-4)25(38-54-11-20(41)42)29(50-3)13(2)55-33/h7,9-10,13,19,29-30,33,37,40,44-45,49H,8,11H2,1-6H3,(H,41,42)/b38-25-/t13-,19?,29-,30+,33-,35?,36+/m0/s1. The predicted molar refractivity (Wildman–Crippen MR) is 181 cm³/mol. The van der Waals surface area contributed by atoms with Crippen molar-refractivity contribution in [1.82, 2.24) is 5.32 Å². The lowest BCUT2D eigenvalue weighted by Gasteiger charge is -2.52. The number of carboxylic acid groups (broad SMARTS) is 1. The molecule has 4 aliphatic rings. The number of aliphatic hydroxyl groups excluding tert-OH is 1. The van der Waals surface area contributed by atoms with Gasteiger partial charge in [0.15, 0.2) is 23.2 Å². The van der Waals surface area contributed by atoms with E-state index in [0.717, 1.165) is 26.4 Å². The number of rotatable bonds is 9. The van der Waals surface area contributed by atoms with Crippen LogP contribution in [0.2, 0.25) is 0 Å². The van der Waals surface area contributed by atoms with Gasteiger partial charge in [-0.05, 0) is 31.0 Å². The van der Waals surface area contributed by atoms with E-state index in [1.807, 2.05) is 0 Å². The lowest BCUT2D eigenvalue weighted by molar-refractivity contribution is -0.181. The number of benzene rings is 2. The maximum atomic E-state index is 14.7. The molecule has 0 amide bonds. The summed E-state index contributed by atoms with van der Waals surface area (Å²) in [5, 5.41) is 62.6. The van der Waals surface area contributed by atoms with Gasteiger partial charge in [-0.25, -0.2) is 9.59 Å². The second-order valence-corrected chi connectivity index (χ2v) is 13.2. The van der Waals surface area contributed by atoms with Crippen LogP contribution < -0.4 is 5.32 Å². The number of phenolic OH excluding ortho intramolecular Hbond substituents is 2. The largest absolute Gasteiger partial charge is 0.507 e. The number of aliphatic carboxylic acids is 1. The number of hydrogen-bond acceptors (Lipinski definition) is 18. The molecule has 0 spiro atoms. The molecule has 1 saturated heterocycles. The second kappa shape index (κ2) is 13.9. The van der Waals surface area contributed by atoms with Crippen molar-refractivity contribution in [1.29, 1.82) is 0 Å². The number of methoxy groups -OCH3 is 4. The molecule has 2 aromatic rings. The topological polar surface area (TPSA) is 283 Å². The van der Waals surface area contributed by atoms with E-state index in [0.29, 0.717) is 0 Å². The fourth-order valence-corrected chi connectivity index (χ4v) is 7.97. The second-order valence-electron chi connectivity index (χ2n) is 13.2. The summed E-state index contributed by atoms with van der Waals surface area (Å²) in [5.74, 6) is -9.24. The Morgan fingerprint density at radius 3 is 2.25 bits per heavy atom. The molecule has 0 radical (unpaired) electrons. The summed E-state index contributed by atoms with van der Waals surface area (Å²) in [6.45, 7) is 2.20. The Kier molecular flexibility index (Phi) is 9.91. The van der Waals surface area contributed by atoms with Crippen molar-refractivity contribution < 1.29 is 82.8 Å². The van der Waals surface area contributed by atoms with Crippen LogP contribution in [0.25, 0.3) is 0 Å². The van der Waals surface area contributed by atoms with Crippen LogP contribution in [0.1, 0.15) is 75.4 Å². The number of aliphatic hydroxyl groups is 2. The molecule has 19 heteroatoms. The van der Waals surface area contributed by atoms with Crippen LogP contribution in [0.4, 0.5) is 0 Å². The number of allylic oxidation sites excluding steroid dienone is 2. The van der Waals surface area contributed by atoms with Gasteiger partial charge in [0.25, 0.3) is 0 Å². The Balaban J connectivity index is 1.47. The van der Waals surface area contributed by atoms with Crippen LogP contribution >= 0.6 is 0 Å². The third kappa shape index (κ3) is 5.45. The summed E-state index contributed by atoms with van der Waals surface area (Å²) in [4.78, 5) is 85.6. The number of aromatic hydroxyl groups is 2. The van der Waals surface area contributed by atoms with Crippen LogP contribution in [0.3, 0.4) is 0 Å². The van der Waals surface area contributed by atoms with Gasteiger partial charge in [0, 0.05) is 50.5 Å². The van der Waals surface area contributed by atoms with E-state index < -0.39 is 141 Å². The lowest BCUT2D eigenvalue weighted by Crippen LogP contribution is -2.73. The number of carbonyl (C=O) groups is 6. The number of carboxylic acids is 1. The van der Waals surface area contributed by atoms with Crippen molar-refractivity contribution >= 4 is 40.8 Å². The van der Waals surface area contributed by atoms with Crippen molar-refractivity contribution in [2.24, 2.45) is 5.16 Å². The van der Waals surface area contributed by atoms with Crippen LogP contribution in [0.5, 0.6) is 11.5 Å². The van der Waals surface area contributed by atoms with Gasteiger partial charge in [0.1, 0.15) is 35.0 Å². The molecule has 1 fully saturated rings. The van der Waals surface area contributed by atoms with Crippen molar-refractivity contribution in [3.8, 4) is 11.5 Å². The van der Waals surface area contributed by atoms with Gasteiger partial charge in [-0.3, -0.25) is 19.2 Å². The average Bonchev–Trinajstić information content (AvgIpc) is 3.12. The normalized spacial score (nSPS) is 29.1. The molecule has 1 aliphatic heterocycles. The Morgan fingerprint density at radius 1 is 0.982 bits per heavy atom. The first-order chi connectivity index (χ1) is 26.0. The molecule has 6 N–H and O–H groups in total. The lowest BCUT2D eigenvalue weighted by atomic mass is 9.56. The van der Waals surface area contributed by atoms with E-state index >= 15 is 0 Å². The molecule has 0 saturated carbocycles. The van der Waals surface area contributed by atoms with Gasteiger partial charge >= 0.3 is 11.9 Å². The zero-order valence-electron chi connectivity index (χ0n) is 30.1. The maximum absolute atomic E-state index is 14.7. The highest BCUT2D eigenvalue weighted by Gasteiger charge is 2.72. The monoisotopic (exact) mass is 768 g/mol. The smallest absolute Gasteiger partial charge is 0.344 e. The number of oxime groups is 1. The Labute approximate surface area is 311 Å². The van der Waals surface area contributed by atoms with E-state index in [-0.39, 0.29) is 16.8 Å². The van der Waals surface area contributed by atoms with Crippen LogP contribution in [-0.4, -0.2) is 138 Å². The van der Waals surface area contributed by atoms with Crippen LogP contribution in [-0.2, 0) is 45.3 Å². The molecule has 7 atom stereocenters. The number of phenols is 2. The predicted octanol–water partition coefficient (Wildman–Crippen LogP) is -0.154. The quantitative estimate of drug-likeness (QED) is 0.143.